The quantitative estimate of drug-likeness (QED) is 0.806. The number of carboxylic acid groups (broad SMARTS) is 1. The first kappa shape index (κ1) is 20.9. The molecule has 29 heavy (non-hydrogen) atoms. The maximum atomic E-state index is 12.6. The Labute approximate surface area is 171 Å². The number of carbonyl (C=O) groups excluding carboxylic acids is 1. The van der Waals surface area contributed by atoms with Crippen LogP contribution in [0.3, 0.4) is 0 Å². The third kappa shape index (κ3) is 4.98. The number of hydrogen-bond donors (Lipinski definition) is 2. The van der Waals surface area contributed by atoms with Gasteiger partial charge in [0.2, 0.25) is 5.91 Å². The fourth-order valence-corrected chi connectivity index (χ4v) is 3.30. The van der Waals surface area contributed by atoms with Gasteiger partial charge in [0.15, 0.2) is 0 Å². The van der Waals surface area contributed by atoms with E-state index in [4.69, 9.17) is 10.1 Å². The predicted molar refractivity (Wildman–Crippen MR) is 110 cm³/mol. The molecule has 0 bridgehead atoms. The number of benzene rings is 1. The number of carboxylic acids is 1. The summed E-state index contributed by atoms with van der Waals surface area (Å²) in [5, 5.41) is 11.9. The number of aromatic nitrogens is 2. The van der Waals surface area contributed by atoms with Crippen molar-refractivity contribution >= 4 is 11.9 Å². The van der Waals surface area contributed by atoms with E-state index < -0.39 is 5.97 Å². The first-order valence-corrected chi connectivity index (χ1v) is 9.84. The predicted octanol–water partition coefficient (Wildman–Crippen LogP) is 2.54. The van der Waals surface area contributed by atoms with Crippen LogP contribution in [-0.2, 0) is 29.7 Å². The van der Waals surface area contributed by atoms with Crippen LogP contribution < -0.4 is 5.32 Å². The largest absolute Gasteiger partial charge is 0.478 e. The summed E-state index contributed by atoms with van der Waals surface area (Å²) in [6.07, 6.45) is 2.69. The van der Waals surface area contributed by atoms with Crippen molar-refractivity contribution < 1.29 is 14.7 Å². The molecule has 3 rings (SSSR count). The monoisotopic (exact) mass is 396 g/mol. The zero-order valence-electron chi connectivity index (χ0n) is 17.4. The van der Waals surface area contributed by atoms with Gasteiger partial charge in [-0.05, 0) is 24.6 Å². The van der Waals surface area contributed by atoms with Crippen LogP contribution in [0.15, 0.2) is 30.5 Å². The molecule has 0 saturated heterocycles. The van der Waals surface area contributed by atoms with Gasteiger partial charge in [-0.1, -0.05) is 32.9 Å². The Bertz CT molecular complexity index is 903. The molecule has 1 unspecified atom stereocenters. The normalized spacial score (nSPS) is 15.4. The molecule has 154 valence electrons. The Balaban J connectivity index is 1.58. The summed E-state index contributed by atoms with van der Waals surface area (Å²) < 4.78 is 0. The lowest BCUT2D eigenvalue weighted by Crippen LogP contribution is -2.47. The molecule has 7 heteroatoms. The van der Waals surface area contributed by atoms with Crippen LogP contribution in [-0.4, -0.2) is 44.4 Å². The number of hydrogen-bond acceptors (Lipinski definition) is 5. The first-order valence-electron chi connectivity index (χ1n) is 9.84. The highest BCUT2D eigenvalue weighted by atomic mass is 16.4. The number of amides is 1. The van der Waals surface area contributed by atoms with E-state index in [2.05, 4.69) is 36.0 Å². The van der Waals surface area contributed by atoms with Crippen molar-refractivity contribution in [3.63, 3.8) is 0 Å². The molecule has 1 aromatic carbocycles. The molecule has 2 N–H and O–H groups in total. The van der Waals surface area contributed by atoms with Crippen molar-refractivity contribution in [1.29, 1.82) is 0 Å². The molecule has 1 atom stereocenters. The molecule has 0 fully saturated rings. The Kier molecular flexibility index (Phi) is 5.98. The lowest BCUT2D eigenvalue weighted by molar-refractivity contribution is -0.126. The van der Waals surface area contributed by atoms with Gasteiger partial charge in [-0.25, -0.2) is 14.8 Å². The number of nitrogens with one attached hydrogen (secondary N) is 1. The van der Waals surface area contributed by atoms with Crippen molar-refractivity contribution in [1.82, 2.24) is 20.2 Å². The number of carbonyl (C=O) groups is 2. The Morgan fingerprint density at radius 3 is 2.55 bits per heavy atom. The molecule has 1 aliphatic heterocycles. The van der Waals surface area contributed by atoms with E-state index >= 15 is 0 Å². The second kappa shape index (κ2) is 8.29. The van der Waals surface area contributed by atoms with Crippen LogP contribution in [0.4, 0.5) is 0 Å². The number of rotatable bonds is 5. The molecule has 1 aliphatic rings. The molecule has 2 heterocycles. The summed E-state index contributed by atoms with van der Waals surface area (Å²) in [5.74, 6) is -0.161. The molecule has 0 saturated carbocycles. The third-order valence-corrected chi connectivity index (χ3v) is 5.23. The lowest BCUT2D eigenvalue weighted by atomic mass is 9.95. The Morgan fingerprint density at radius 1 is 1.24 bits per heavy atom. The van der Waals surface area contributed by atoms with Crippen molar-refractivity contribution in [3.05, 3.63) is 58.7 Å². The van der Waals surface area contributed by atoms with Crippen LogP contribution in [0.1, 0.15) is 60.7 Å². The van der Waals surface area contributed by atoms with Crippen LogP contribution in [0.25, 0.3) is 0 Å². The molecule has 0 aliphatic carbocycles. The van der Waals surface area contributed by atoms with E-state index in [9.17, 15) is 9.59 Å². The summed E-state index contributed by atoms with van der Waals surface area (Å²) in [6.45, 7) is 10.0. The van der Waals surface area contributed by atoms with Gasteiger partial charge >= 0.3 is 5.97 Å². The number of fused-ring (bicyclic) bond motifs is 1. The fourth-order valence-electron chi connectivity index (χ4n) is 3.30. The molecule has 1 amide bonds. The Morgan fingerprint density at radius 2 is 1.93 bits per heavy atom. The second-order valence-electron chi connectivity index (χ2n) is 8.53. The number of nitrogens with zero attached hydrogens (tertiary/aromatic N) is 3. The van der Waals surface area contributed by atoms with E-state index in [0.717, 1.165) is 35.6 Å². The highest BCUT2D eigenvalue weighted by Gasteiger charge is 2.27. The van der Waals surface area contributed by atoms with Gasteiger partial charge in [0.05, 0.1) is 11.6 Å². The maximum absolute atomic E-state index is 12.6. The molecule has 0 radical (unpaired) electrons. The molecule has 1 aromatic heterocycles. The summed E-state index contributed by atoms with van der Waals surface area (Å²) in [7, 11) is 0. The van der Waals surface area contributed by atoms with Crippen LogP contribution >= 0.6 is 0 Å². The number of aromatic carboxylic acids is 1. The topological polar surface area (TPSA) is 95.4 Å². The minimum Gasteiger partial charge on any atom is -0.478 e. The first-order chi connectivity index (χ1) is 13.6. The van der Waals surface area contributed by atoms with E-state index in [1.165, 1.54) is 0 Å². The highest BCUT2D eigenvalue weighted by Crippen LogP contribution is 2.23. The molecule has 0 spiro atoms. The standard InChI is InChI=1S/C22H28N4O3/c1-14(19(27)23-11-15-5-7-16(8-6-15)20(28)29)26-10-9-18-17(13-26)12-24-21(25-18)22(2,3)4/h5-8,12,14H,9-11,13H2,1-4H3,(H,23,27)(H,28,29). The fraction of sp³-hybridized carbons (Fsp3) is 0.455. The van der Waals surface area contributed by atoms with E-state index in [1.807, 2.05) is 13.1 Å². The van der Waals surface area contributed by atoms with Gasteiger partial charge in [0.1, 0.15) is 5.82 Å². The molecule has 7 nitrogen and oxygen atoms in total. The van der Waals surface area contributed by atoms with Crippen LogP contribution in [0.5, 0.6) is 0 Å². The van der Waals surface area contributed by atoms with E-state index in [-0.39, 0.29) is 22.9 Å². The van der Waals surface area contributed by atoms with Crippen LogP contribution in [0.2, 0.25) is 0 Å². The molecular formula is C22H28N4O3. The minimum absolute atomic E-state index is 0.0528. The van der Waals surface area contributed by atoms with Gasteiger partial charge in [0.25, 0.3) is 0 Å². The van der Waals surface area contributed by atoms with Gasteiger partial charge in [0, 0.05) is 48.9 Å². The van der Waals surface area contributed by atoms with Gasteiger partial charge < -0.3 is 10.4 Å². The van der Waals surface area contributed by atoms with Gasteiger partial charge in [-0.15, -0.1) is 0 Å². The zero-order chi connectivity index (χ0) is 21.2. The van der Waals surface area contributed by atoms with Crippen molar-refractivity contribution in [2.75, 3.05) is 6.54 Å². The summed E-state index contributed by atoms with van der Waals surface area (Å²) in [4.78, 5) is 34.9. The average Bonchev–Trinajstić information content (AvgIpc) is 2.70. The maximum Gasteiger partial charge on any atom is 0.335 e. The van der Waals surface area contributed by atoms with Crippen molar-refractivity contribution in [2.24, 2.45) is 0 Å². The second-order valence-corrected chi connectivity index (χ2v) is 8.53. The summed E-state index contributed by atoms with van der Waals surface area (Å²) in [6, 6.07) is 6.25. The van der Waals surface area contributed by atoms with Crippen LogP contribution in [0, 0.1) is 0 Å². The average molecular weight is 396 g/mol. The molecular weight excluding hydrogens is 368 g/mol. The summed E-state index contributed by atoms with van der Waals surface area (Å²) in [5.41, 5.74) is 3.17. The lowest BCUT2D eigenvalue weighted by Gasteiger charge is -2.32. The van der Waals surface area contributed by atoms with Crippen molar-refractivity contribution in [3.8, 4) is 0 Å². The Hall–Kier alpha value is -2.80. The SMILES string of the molecule is CC(C(=O)NCc1ccc(C(=O)O)cc1)N1CCc2nc(C(C)(C)C)ncc2C1. The smallest absolute Gasteiger partial charge is 0.335 e. The zero-order valence-corrected chi connectivity index (χ0v) is 17.4. The molecule has 2 aromatic rings. The third-order valence-electron chi connectivity index (χ3n) is 5.23. The van der Waals surface area contributed by atoms with Gasteiger partial charge in [-0.2, -0.15) is 0 Å². The van der Waals surface area contributed by atoms with E-state index in [1.54, 1.807) is 24.3 Å². The van der Waals surface area contributed by atoms with Gasteiger partial charge in [-0.3, -0.25) is 9.69 Å². The van der Waals surface area contributed by atoms with Crippen molar-refractivity contribution in [2.45, 2.75) is 58.7 Å². The minimum atomic E-state index is -0.960. The highest BCUT2D eigenvalue weighted by molar-refractivity contribution is 5.87. The summed E-state index contributed by atoms with van der Waals surface area (Å²) >= 11 is 0. The van der Waals surface area contributed by atoms with E-state index in [0.29, 0.717) is 13.1 Å².